The number of rotatable bonds is 21. The summed E-state index contributed by atoms with van der Waals surface area (Å²) in [7, 11) is 3.84. The number of nitrogens with zero attached hydrogens (tertiary/aromatic N) is 2. The molecule has 1 unspecified atom stereocenters. The fourth-order valence-corrected chi connectivity index (χ4v) is 4.23. The molecule has 0 aliphatic rings. The van der Waals surface area contributed by atoms with Gasteiger partial charge in [0.2, 0.25) is 12.2 Å². The van der Waals surface area contributed by atoms with Crippen molar-refractivity contribution >= 4 is 5.91 Å². The number of carbonyl (C=O) groups is 1. The fraction of sp³-hybridized carbons (Fsp3) is 0.960. The van der Waals surface area contributed by atoms with Gasteiger partial charge in [0.05, 0.1) is 19.2 Å². The highest BCUT2D eigenvalue weighted by atomic mass is 16.9. The van der Waals surface area contributed by atoms with Crippen molar-refractivity contribution in [2.75, 3.05) is 20.6 Å². The van der Waals surface area contributed by atoms with Gasteiger partial charge in [0, 0.05) is 12.8 Å². The first-order chi connectivity index (χ1) is 16.1. The second-order valence-electron chi connectivity index (χ2n) is 9.86. The number of nitrogens with one attached hydrogen (secondary N) is 1. The predicted molar refractivity (Wildman–Crippen MR) is 137 cm³/mol. The van der Waals surface area contributed by atoms with Gasteiger partial charge in [0.25, 0.3) is 0 Å². The zero-order valence-corrected chi connectivity index (χ0v) is 22.3. The lowest BCUT2D eigenvalue weighted by Crippen LogP contribution is -2.59. The van der Waals surface area contributed by atoms with E-state index in [4.69, 9.17) is 15.3 Å². The van der Waals surface area contributed by atoms with Crippen LogP contribution in [0.2, 0.25) is 0 Å². The summed E-state index contributed by atoms with van der Waals surface area (Å²) >= 11 is 0. The van der Waals surface area contributed by atoms with Crippen molar-refractivity contribution in [2.45, 2.75) is 135 Å². The number of quaternary nitrogens is 1. The number of unbranched alkanes of at least 4 members (excludes halogenated alkanes) is 14. The summed E-state index contributed by atoms with van der Waals surface area (Å²) < 4.78 is 0.374. The largest absolute Gasteiger partial charge is 0.364 e. The molecule has 0 aliphatic heterocycles. The molecule has 0 aromatic rings. The summed E-state index contributed by atoms with van der Waals surface area (Å²) in [6.07, 6.45) is 19.8. The van der Waals surface area contributed by atoms with Crippen molar-refractivity contribution in [2.24, 2.45) is 0 Å². The van der Waals surface area contributed by atoms with E-state index in [0.29, 0.717) is 10.9 Å². The van der Waals surface area contributed by atoms with Crippen molar-refractivity contribution in [3.8, 4) is 0 Å². The Morgan fingerprint density at radius 1 is 0.794 bits per heavy atom. The van der Waals surface area contributed by atoms with Crippen LogP contribution < -0.4 is 5.32 Å². The van der Waals surface area contributed by atoms with Crippen LogP contribution in [0, 0.1) is 15.3 Å². The van der Waals surface area contributed by atoms with E-state index in [1.807, 2.05) is 21.0 Å². The van der Waals surface area contributed by atoms with Crippen LogP contribution in [-0.2, 0) is 4.79 Å². The van der Waals surface area contributed by atoms with Gasteiger partial charge in [-0.05, 0) is 6.42 Å². The van der Waals surface area contributed by atoms with E-state index in [-0.39, 0.29) is 18.6 Å². The van der Waals surface area contributed by atoms with Gasteiger partial charge in [-0.25, -0.2) is 0 Å². The van der Waals surface area contributed by atoms with Crippen LogP contribution in [0.25, 0.3) is 0 Å². The molecule has 0 spiro atoms. The zero-order chi connectivity index (χ0) is 26.2. The second kappa shape index (κ2) is 23.3. The Morgan fingerprint density at radius 2 is 1.15 bits per heavy atom. The molecule has 0 heterocycles. The standard InChI is InChI=1S/C25H52N2O3.NO3/c1-5-7-8-9-10-11-12-13-14-15-16-17-18-19-20-21-24(28)26-23(6-2)27(3,4)22-25(29)30;2-1(3)4/h23,25,29-30H,5-22H2,1-4H3;/q;-1/p+1. The summed E-state index contributed by atoms with van der Waals surface area (Å²) in [6, 6.07) is 0. The molecule has 0 saturated carbocycles. The summed E-state index contributed by atoms with van der Waals surface area (Å²) in [5.74, 6) is 0.0789. The summed E-state index contributed by atoms with van der Waals surface area (Å²) in [4.78, 5) is 20.5. The molecule has 1 amide bonds. The van der Waals surface area contributed by atoms with Crippen molar-refractivity contribution < 1.29 is 24.6 Å². The van der Waals surface area contributed by atoms with Crippen LogP contribution >= 0.6 is 0 Å². The lowest BCUT2D eigenvalue weighted by Gasteiger charge is -2.38. The normalized spacial score (nSPS) is 12.2. The van der Waals surface area contributed by atoms with Gasteiger partial charge in [-0.1, -0.05) is 104 Å². The Labute approximate surface area is 207 Å². The van der Waals surface area contributed by atoms with E-state index < -0.39 is 11.4 Å². The molecule has 0 bridgehead atoms. The smallest absolute Gasteiger partial charge is 0.224 e. The molecule has 34 heavy (non-hydrogen) atoms. The van der Waals surface area contributed by atoms with Gasteiger partial charge >= 0.3 is 0 Å². The molecular formula is C25H53N3O6. The third kappa shape index (κ3) is 25.2. The summed E-state index contributed by atoms with van der Waals surface area (Å²) in [5.41, 5.74) is 0. The molecule has 0 fully saturated rings. The van der Waals surface area contributed by atoms with Crippen LogP contribution in [0.1, 0.15) is 123 Å². The topological polar surface area (TPSA) is 136 Å². The lowest BCUT2D eigenvalue weighted by molar-refractivity contribution is -0.922. The summed E-state index contributed by atoms with van der Waals surface area (Å²) in [6.45, 7) is 4.49. The molecule has 1 atom stereocenters. The van der Waals surface area contributed by atoms with Gasteiger partial charge in [-0.15, -0.1) is 0 Å². The minimum absolute atomic E-state index is 0.0789. The van der Waals surface area contributed by atoms with E-state index in [9.17, 15) is 15.0 Å². The molecule has 0 saturated heterocycles. The molecule has 3 N–H and O–H groups in total. The molecule has 0 aliphatic carbocycles. The summed E-state index contributed by atoms with van der Waals surface area (Å²) in [5, 5.41) is 36.3. The van der Waals surface area contributed by atoms with E-state index in [0.717, 1.165) is 19.3 Å². The highest BCUT2D eigenvalue weighted by Gasteiger charge is 2.29. The maximum atomic E-state index is 12.2. The highest BCUT2D eigenvalue weighted by molar-refractivity contribution is 5.75. The second-order valence-corrected chi connectivity index (χ2v) is 9.86. The van der Waals surface area contributed by atoms with Crippen LogP contribution in [0.5, 0.6) is 0 Å². The van der Waals surface area contributed by atoms with Gasteiger partial charge < -0.3 is 35.3 Å². The Hall–Kier alpha value is -1.45. The monoisotopic (exact) mass is 491 g/mol. The Kier molecular flexibility index (Phi) is 23.8. The Balaban J connectivity index is 0. The van der Waals surface area contributed by atoms with Crippen molar-refractivity contribution in [3.05, 3.63) is 15.3 Å². The van der Waals surface area contributed by atoms with Gasteiger partial charge in [-0.2, -0.15) is 0 Å². The average molecular weight is 492 g/mol. The molecule has 0 aromatic carbocycles. The van der Waals surface area contributed by atoms with E-state index >= 15 is 0 Å². The third-order valence-electron chi connectivity index (χ3n) is 6.20. The molecule has 204 valence electrons. The quantitative estimate of drug-likeness (QED) is 0.0659. The third-order valence-corrected chi connectivity index (χ3v) is 6.20. The number of aliphatic hydroxyl groups is 2. The highest BCUT2D eigenvalue weighted by Crippen LogP contribution is 2.14. The fourth-order valence-electron chi connectivity index (χ4n) is 4.23. The average Bonchev–Trinajstić information content (AvgIpc) is 2.73. The number of hydrogen-bond donors (Lipinski definition) is 3. The first-order valence-electron chi connectivity index (χ1n) is 13.4. The van der Waals surface area contributed by atoms with E-state index in [2.05, 4.69) is 12.2 Å². The number of hydrogen-bond acceptors (Lipinski definition) is 6. The molecule has 0 rings (SSSR count). The molecule has 0 radical (unpaired) electrons. The zero-order valence-electron chi connectivity index (χ0n) is 22.3. The van der Waals surface area contributed by atoms with Gasteiger partial charge in [0.1, 0.15) is 6.54 Å². The number of likely N-dealkylation sites (N-methyl/N-ethyl adjacent to an activating group) is 1. The van der Waals surface area contributed by atoms with E-state index in [1.165, 1.54) is 83.5 Å². The van der Waals surface area contributed by atoms with E-state index in [1.54, 1.807) is 0 Å². The van der Waals surface area contributed by atoms with Crippen LogP contribution in [0.3, 0.4) is 0 Å². The number of carbonyl (C=O) groups excluding carboxylic acids is 1. The molecular weight excluding hydrogens is 438 g/mol. The van der Waals surface area contributed by atoms with Crippen LogP contribution in [0.4, 0.5) is 0 Å². The van der Waals surface area contributed by atoms with Crippen molar-refractivity contribution in [1.29, 1.82) is 0 Å². The first-order valence-corrected chi connectivity index (χ1v) is 13.4. The molecule has 9 heteroatoms. The SMILES string of the molecule is CCCCCCCCCCCCCCCCCC(=O)NC(CC)[N+](C)(C)CC(O)O.O=[N+]([O-])[O-]. The van der Waals surface area contributed by atoms with Crippen LogP contribution in [-0.4, -0.2) is 58.8 Å². The number of aliphatic hydroxyl groups excluding tert-OH is 1. The lowest BCUT2D eigenvalue weighted by atomic mass is 10.0. The van der Waals surface area contributed by atoms with Crippen LogP contribution in [0.15, 0.2) is 0 Å². The van der Waals surface area contributed by atoms with Gasteiger partial charge in [0.15, 0.2) is 6.17 Å². The predicted octanol–water partition coefficient (Wildman–Crippen LogP) is 5.25. The molecule has 0 aromatic heterocycles. The minimum atomic E-state index is -1.75. The van der Waals surface area contributed by atoms with Crippen molar-refractivity contribution in [1.82, 2.24) is 5.32 Å². The maximum Gasteiger partial charge on any atom is 0.224 e. The molecule has 9 nitrogen and oxygen atoms in total. The number of amides is 1. The maximum absolute atomic E-state index is 12.2. The van der Waals surface area contributed by atoms with Crippen molar-refractivity contribution in [3.63, 3.8) is 0 Å². The minimum Gasteiger partial charge on any atom is -0.364 e. The van der Waals surface area contributed by atoms with Gasteiger partial charge in [-0.3, -0.25) is 4.79 Å². The first kappa shape index (κ1) is 34.7. The Morgan fingerprint density at radius 3 is 1.47 bits per heavy atom. The Bertz CT molecular complexity index is 485.